The number of alkyl halides is 3. The smallest absolute Gasteiger partial charge is 0.422 e. The van der Waals surface area contributed by atoms with Crippen LogP contribution in [-0.2, 0) is 0 Å². The Balaban J connectivity index is 2.03. The second-order valence-corrected chi connectivity index (χ2v) is 4.78. The summed E-state index contributed by atoms with van der Waals surface area (Å²) in [7, 11) is 0. The summed E-state index contributed by atoms with van der Waals surface area (Å²) in [6.45, 7) is -1.34. The van der Waals surface area contributed by atoms with E-state index < -0.39 is 12.8 Å². The SMILES string of the molecule is FC(F)(F)COc1ccccc1-c1ccccc1-c1ncn[nH]1. The molecule has 0 fully saturated rings. The molecule has 0 aliphatic rings. The molecule has 0 aliphatic heterocycles. The average molecular weight is 319 g/mol. The zero-order chi connectivity index (χ0) is 16.3. The third-order valence-electron chi connectivity index (χ3n) is 3.17. The average Bonchev–Trinajstić information content (AvgIpc) is 3.07. The Morgan fingerprint density at radius 2 is 1.57 bits per heavy atom. The Bertz CT molecular complexity index is 785. The fraction of sp³-hybridized carbons (Fsp3) is 0.125. The number of benzene rings is 2. The van der Waals surface area contributed by atoms with Crippen molar-refractivity contribution in [2.45, 2.75) is 6.18 Å². The van der Waals surface area contributed by atoms with Crippen molar-refractivity contribution in [1.29, 1.82) is 0 Å². The molecular weight excluding hydrogens is 307 g/mol. The van der Waals surface area contributed by atoms with Crippen molar-refractivity contribution in [3.8, 4) is 28.3 Å². The zero-order valence-electron chi connectivity index (χ0n) is 11.8. The number of H-pyrrole nitrogens is 1. The van der Waals surface area contributed by atoms with Crippen LogP contribution in [0.25, 0.3) is 22.5 Å². The van der Waals surface area contributed by atoms with Gasteiger partial charge in [-0.15, -0.1) is 0 Å². The first-order chi connectivity index (χ1) is 11.0. The van der Waals surface area contributed by atoms with Crippen LogP contribution in [0.4, 0.5) is 13.2 Å². The Labute approximate surface area is 130 Å². The minimum atomic E-state index is -4.39. The molecule has 0 bridgehead atoms. The lowest BCUT2D eigenvalue weighted by Crippen LogP contribution is -2.19. The van der Waals surface area contributed by atoms with Gasteiger partial charge in [0.25, 0.3) is 0 Å². The molecule has 2 aromatic carbocycles. The molecule has 1 N–H and O–H groups in total. The van der Waals surface area contributed by atoms with Gasteiger partial charge in [0.2, 0.25) is 0 Å². The Morgan fingerprint density at radius 1 is 0.913 bits per heavy atom. The van der Waals surface area contributed by atoms with Gasteiger partial charge in [-0.25, -0.2) is 4.98 Å². The van der Waals surface area contributed by atoms with Gasteiger partial charge in [-0.2, -0.15) is 18.3 Å². The number of halogens is 3. The van der Waals surface area contributed by atoms with Crippen LogP contribution < -0.4 is 4.74 Å². The van der Waals surface area contributed by atoms with Crippen LogP contribution in [0.3, 0.4) is 0 Å². The van der Waals surface area contributed by atoms with E-state index in [2.05, 4.69) is 15.2 Å². The summed E-state index contributed by atoms with van der Waals surface area (Å²) in [5.74, 6) is 0.697. The van der Waals surface area contributed by atoms with Gasteiger partial charge in [-0.1, -0.05) is 42.5 Å². The summed E-state index contributed by atoms with van der Waals surface area (Å²) in [6, 6.07) is 13.8. The summed E-state index contributed by atoms with van der Waals surface area (Å²) in [5, 5.41) is 6.57. The first-order valence-electron chi connectivity index (χ1n) is 6.78. The van der Waals surface area contributed by atoms with E-state index in [1.807, 2.05) is 12.1 Å². The number of hydrogen-bond acceptors (Lipinski definition) is 3. The fourth-order valence-electron chi connectivity index (χ4n) is 2.23. The Hall–Kier alpha value is -2.83. The molecule has 1 aromatic heterocycles. The highest BCUT2D eigenvalue weighted by atomic mass is 19.4. The van der Waals surface area contributed by atoms with E-state index in [9.17, 15) is 13.2 Å². The number of hydrogen-bond donors (Lipinski definition) is 1. The molecule has 0 saturated heterocycles. The van der Waals surface area contributed by atoms with E-state index in [4.69, 9.17) is 4.74 Å². The lowest BCUT2D eigenvalue weighted by atomic mass is 9.98. The van der Waals surface area contributed by atoms with Gasteiger partial charge in [0.05, 0.1) is 0 Å². The first kappa shape index (κ1) is 15.1. The summed E-state index contributed by atoms with van der Waals surface area (Å²) >= 11 is 0. The predicted octanol–water partition coefficient (Wildman–Crippen LogP) is 4.08. The second-order valence-electron chi connectivity index (χ2n) is 4.78. The highest BCUT2D eigenvalue weighted by molar-refractivity contribution is 5.83. The van der Waals surface area contributed by atoms with Gasteiger partial charge in [0, 0.05) is 11.1 Å². The van der Waals surface area contributed by atoms with Crippen molar-refractivity contribution in [3.63, 3.8) is 0 Å². The molecule has 0 aliphatic carbocycles. The fourth-order valence-corrected chi connectivity index (χ4v) is 2.23. The van der Waals surface area contributed by atoms with E-state index in [1.165, 1.54) is 12.4 Å². The zero-order valence-corrected chi connectivity index (χ0v) is 11.8. The Kier molecular flexibility index (Phi) is 4.01. The van der Waals surface area contributed by atoms with Gasteiger partial charge in [0.15, 0.2) is 12.4 Å². The Morgan fingerprint density at radius 3 is 2.22 bits per heavy atom. The predicted molar refractivity (Wildman–Crippen MR) is 78.8 cm³/mol. The van der Waals surface area contributed by atoms with Gasteiger partial charge < -0.3 is 4.74 Å². The van der Waals surface area contributed by atoms with Crippen LogP contribution in [0.15, 0.2) is 54.9 Å². The quantitative estimate of drug-likeness (QED) is 0.788. The van der Waals surface area contributed by atoms with Gasteiger partial charge >= 0.3 is 6.18 Å². The van der Waals surface area contributed by atoms with Crippen molar-refractivity contribution in [2.24, 2.45) is 0 Å². The highest BCUT2D eigenvalue weighted by Gasteiger charge is 2.29. The summed E-state index contributed by atoms with van der Waals surface area (Å²) < 4.78 is 42.2. The van der Waals surface area contributed by atoms with Gasteiger partial charge in [0.1, 0.15) is 12.1 Å². The molecular formula is C16H12F3N3O. The number of ether oxygens (including phenoxy) is 1. The van der Waals surface area contributed by atoms with Gasteiger partial charge in [-0.3, -0.25) is 5.10 Å². The topological polar surface area (TPSA) is 50.8 Å². The third-order valence-corrected chi connectivity index (χ3v) is 3.17. The summed E-state index contributed by atoms with van der Waals surface area (Å²) in [6.07, 6.45) is -3.02. The molecule has 3 aromatic rings. The van der Waals surface area contributed by atoms with Crippen molar-refractivity contribution in [1.82, 2.24) is 15.2 Å². The van der Waals surface area contributed by atoms with Crippen LogP contribution in [0.2, 0.25) is 0 Å². The molecule has 0 radical (unpaired) electrons. The number of aromatic nitrogens is 3. The molecule has 4 nitrogen and oxygen atoms in total. The molecule has 0 amide bonds. The van der Waals surface area contributed by atoms with Crippen LogP contribution in [-0.4, -0.2) is 28.0 Å². The minimum absolute atomic E-state index is 0.164. The van der Waals surface area contributed by atoms with Crippen molar-refractivity contribution >= 4 is 0 Å². The maximum atomic E-state index is 12.4. The van der Waals surface area contributed by atoms with Crippen LogP contribution in [0.1, 0.15) is 0 Å². The number of nitrogens with one attached hydrogen (secondary N) is 1. The molecule has 0 saturated carbocycles. The molecule has 3 rings (SSSR count). The lowest BCUT2D eigenvalue weighted by molar-refractivity contribution is -0.153. The molecule has 0 unspecified atom stereocenters. The van der Waals surface area contributed by atoms with Crippen molar-refractivity contribution < 1.29 is 17.9 Å². The maximum absolute atomic E-state index is 12.4. The van der Waals surface area contributed by atoms with E-state index in [1.54, 1.807) is 30.3 Å². The standard InChI is InChI=1S/C16H12F3N3O/c17-16(18,19)9-23-14-8-4-3-6-12(14)11-5-1-2-7-13(11)15-20-10-21-22-15/h1-8,10H,9H2,(H,20,21,22). The summed E-state index contributed by atoms with van der Waals surface area (Å²) in [5.41, 5.74) is 2.00. The lowest BCUT2D eigenvalue weighted by Gasteiger charge is -2.15. The van der Waals surface area contributed by atoms with E-state index in [-0.39, 0.29) is 5.75 Å². The molecule has 118 valence electrons. The normalized spacial score (nSPS) is 11.4. The summed E-state index contributed by atoms with van der Waals surface area (Å²) in [4.78, 5) is 4.10. The number of para-hydroxylation sites is 1. The van der Waals surface area contributed by atoms with E-state index in [0.29, 0.717) is 17.0 Å². The number of nitrogens with zero attached hydrogens (tertiary/aromatic N) is 2. The van der Waals surface area contributed by atoms with Gasteiger partial charge in [-0.05, 0) is 11.6 Å². The van der Waals surface area contributed by atoms with Crippen LogP contribution >= 0.6 is 0 Å². The van der Waals surface area contributed by atoms with Crippen LogP contribution in [0.5, 0.6) is 5.75 Å². The largest absolute Gasteiger partial charge is 0.483 e. The third kappa shape index (κ3) is 3.50. The minimum Gasteiger partial charge on any atom is -0.483 e. The monoisotopic (exact) mass is 319 g/mol. The maximum Gasteiger partial charge on any atom is 0.422 e. The molecule has 7 heteroatoms. The molecule has 0 spiro atoms. The molecule has 0 atom stereocenters. The first-order valence-corrected chi connectivity index (χ1v) is 6.78. The molecule has 23 heavy (non-hydrogen) atoms. The van der Waals surface area contributed by atoms with Crippen LogP contribution in [0, 0.1) is 0 Å². The number of aromatic amines is 1. The molecule has 1 heterocycles. The van der Waals surface area contributed by atoms with Crippen molar-refractivity contribution in [3.05, 3.63) is 54.9 Å². The highest BCUT2D eigenvalue weighted by Crippen LogP contribution is 2.36. The second kappa shape index (κ2) is 6.12. The number of rotatable bonds is 4. The van der Waals surface area contributed by atoms with E-state index >= 15 is 0 Å². The van der Waals surface area contributed by atoms with E-state index in [0.717, 1.165) is 5.56 Å². The van der Waals surface area contributed by atoms with Crippen molar-refractivity contribution in [2.75, 3.05) is 6.61 Å².